The van der Waals surface area contributed by atoms with E-state index in [1.807, 2.05) is 43.3 Å². The van der Waals surface area contributed by atoms with Crippen LogP contribution in [0.3, 0.4) is 0 Å². The number of nitrogens with zero attached hydrogens (tertiary/aromatic N) is 4. The first kappa shape index (κ1) is 18.5. The molecule has 0 aliphatic heterocycles. The van der Waals surface area contributed by atoms with Crippen molar-refractivity contribution in [3.8, 4) is 0 Å². The molecule has 0 aromatic carbocycles. The number of imidazole rings is 1. The number of hydrogen-bond donors (Lipinski definition) is 2. The number of amides is 2. The monoisotopic (exact) mass is 366 g/mol. The molecule has 0 aliphatic rings. The molecule has 3 heterocycles. The fraction of sp³-hybridized carbons (Fsp3) is 0.263. The van der Waals surface area contributed by atoms with E-state index in [0.29, 0.717) is 12.1 Å². The van der Waals surface area contributed by atoms with E-state index in [4.69, 9.17) is 0 Å². The molecule has 3 rings (SSSR count). The molecule has 3 aromatic heterocycles. The van der Waals surface area contributed by atoms with Crippen LogP contribution in [-0.2, 0) is 6.54 Å². The molecule has 0 bridgehead atoms. The quantitative estimate of drug-likeness (QED) is 0.650. The van der Waals surface area contributed by atoms with E-state index >= 15 is 0 Å². The van der Waals surface area contributed by atoms with Crippen LogP contribution in [0.5, 0.6) is 0 Å². The number of fused-ring (bicyclic) bond motifs is 1. The lowest BCUT2D eigenvalue weighted by Crippen LogP contribution is -2.31. The Kier molecular flexibility index (Phi) is 5.77. The van der Waals surface area contributed by atoms with Crippen molar-refractivity contribution < 1.29 is 9.59 Å². The van der Waals surface area contributed by atoms with Crippen molar-refractivity contribution in [3.63, 3.8) is 0 Å². The van der Waals surface area contributed by atoms with Crippen LogP contribution >= 0.6 is 0 Å². The molecule has 0 atom stereocenters. The van der Waals surface area contributed by atoms with Gasteiger partial charge >= 0.3 is 0 Å². The van der Waals surface area contributed by atoms with Gasteiger partial charge in [-0.2, -0.15) is 0 Å². The van der Waals surface area contributed by atoms with Crippen LogP contribution in [0.1, 0.15) is 26.8 Å². The van der Waals surface area contributed by atoms with Gasteiger partial charge in [-0.15, -0.1) is 0 Å². The molecule has 0 spiro atoms. The predicted octanol–water partition coefficient (Wildman–Crippen LogP) is 0.951. The van der Waals surface area contributed by atoms with Gasteiger partial charge < -0.3 is 15.5 Å². The first-order valence-corrected chi connectivity index (χ1v) is 8.64. The number of carbonyl (C=O) groups is 2. The summed E-state index contributed by atoms with van der Waals surface area (Å²) in [5.41, 5.74) is 1.56. The minimum absolute atomic E-state index is 0.166. The van der Waals surface area contributed by atoms with Gasteiger partial charge in [-0.1, -0.05) is 12.1 Å². The summed E-state index contributed by atoms with van der Waals surface area (Å²) >= 11 is 0. The smallest absolute Gasteiger partial charge is 0.288 e. The fourth-order valence-electron chi connectivity index (χ4n) is 2.59. The first-order valence-electron chi connectivity index (χ1n) is 8.64. The van der Waals surface area contributed by atoms with Gasteiger partial charge in [0, 0.05) is 25.5 Å². The van der Waals surface area contributed by atoms with Crippen LogP contribution in [0.2, 0.25) is 0 Å². The Morgan fingerprint density at radius 3 is 2.63 bits per heavy atom. The Balaban J connectivity index is 1.79. The van der Waals surface area contributed by atoms with E-state index in [9.17, 15) is 9.59 Å². The SMILES string of the molecule is CN(C)CCNC(=O)c1nc(C(=O)NCc2ccccn2)n2ccccc12. The molecular weight excluding hydrogens is 344 g/mol. The second kappa shape index (κ2) is 8.41. The Labute approximate surface area is 157 Å². The van der Waals surface area contributed by atoms with Crippen molar-refractivity contribution in [1.29, 1.82) is 0 Å². The maximum atomic E-state index is 12.6. The Morgan fingerprint density at radius 2 is 1.89 bits per heavy atom. The molecule has 2 amide bonds. The predicted molar refractivity (Wildman–Crippen MR) is 101 cm³/mol. The molecule has 140 valence electrons. The van der Waals surface area contributed by atoms with E-state index in [1.165, 1.54) is 0 Å². The summed E-state index contributed by atoms with van der Waals surface area (Å²) in [6, 6.07) is 10.9. The van der Waals surface area contributed by atoms with Gasteiger partial charge in [-0.05, 0) is 38.4 Å². The average molecular weight is 366 g/mol. The van der Waals surface area contributed by atoms with Crippen LogP contribution in [0.15, 0.2) is 48.8 Å². The van der Waals surface area contributed by atoms with Crippen molar-refractivity contribution in [2.24, 2.45) is 0 Å². The molecule has 0 aliphatic carbocycles. The van der Waals surface area contributed by atoms with Gasteiger partial charge in [0.05, 0.1) is 17.8 Å². The molecular formula is C19H22N6O2. The van der Waals surface area contributed by atoms with E-state index in [0.717, 1.165) is 12.2 Å². The molecule has 0 radical (unpaired) electrons. The van der Waals surface area contributed by atoms with Gasteiger partial charge in [0.15, 0.2) is 5.69 Å². The summed E-state index contributed by atoms with van der Waals surface area (Å²) in [6.45, 7) is 1.50. The lowest BCUT2D eigenvalue weighted by atomic mass is 10.3. The van der Waals surface area contributed by atoms with E-state index in [-0.39, 0.29) is 29.9 Å². The zero-order chi connectivity index (χ0) is 19.2. The third kappa shape index (κ3) is 4.48. The van der Waals surface area contributed by atoms with E-state index in [2.05, 4.69) is 20.6 Å². The summed E-state index contributed by atoms with van der Waals surface area (Å²) in [5.74, 6) is -0.502. The summed E-state index contributed by atoms with van der Waals surface area (Å²) in [6.07, 6.45) is 3.39. The largest absolute Gasteiger partial charge is 0.349 e. The topological polar surface area (TPSA) is 91.6 Å². The van der Waals surface area contributed by atoms with Crippen molar-refractivity contribution in [2.45, 2.75) is 6.54 Å². The van der Waals surface area contributed by atoms with Gasteiger partial charge in [-0.25, -0.2) is 4.98 Å². The molecule has 0 saturated heterocycles. The zero-order valence-corrected chi connectivity index (χ0v) is 15.3. The Hall–Kier alpha value is -3.26. The van der Waals surface area contributed by atoms with Crippen LogP contribution in [0.25, 0.3) is 5.52 Å². The number of likely N-dealkylation sites (N-methyl/N-ethyl adjacent to an activating group) is 1. The number of rotatable bonds is 7. The Morgan fingerprint density at radius 1 is 1.07 bits per heavy atom. The number of carbonyl (C=O) groups excluding carboxylic acids is 2. The minimum atomic E-state index is -0.366. The van der Waals surface area contributed by atoms with Gasteiger partial charge in [0.1, 0.15) is 0 Å². The number of aromatic nitrogens is 3. The fourth-order valence-corrected chi connectivity index (χ4v) is 2.59. The maximum absolute atomic E-state index is 12.6. The zero-order valence-electron chi connectivity index (χ0n) is 15.3. The summed E-state index contributed by atoms with van der Waals surface area (Å²) in [5, 5.41) is 5.63. The van der Waals surface area contributed by atoms with Crippen LogP contribution in [0, 0.1) is 0 Å². The molecule has 0 unspecified atom stereocenters. The van der Waals surface area contributed by atoms with E-state index in [1.54, 1.807) is 28.9 Å². The molecule has 2 N–H and O–H groups in total. The molecule has 8 nitrogen and oxygen atoms in total. The maximum Gasteiger partial charge on any atom is 0.288 e. The highest BCUT2D eigenvalue weighted by Crippen LogP contribution is 2.13. The molecule has 3 aromatic rings. The van der Waals surface area contributed by atoms with Crippen molar-refractivity contribution in [1.82, 2.24) is 29.9 Å². The third-order valence-corrected chi connectivity index (χ3v) is 3.97. The number of pyridine rings is 2. The molecule has 8 heteroatoms. The highest BCUT2D eigenvalue weighted by molar-refractivity contribution is 6.02. The number of hydrogen-bond acceptors (Lipinski definition) is 5. The summed E-state index contributed by atoms with van der Waals surface area (Å²) in [4.78, 5) is 35.6. The van der Waals surface area contributed by atoms with Crippen LogP contribution < -0.4 is 10.6 Å². The Bertz CT molecular complexity index is 936. The van der Waals surface area contributed by atoms with Crippen molar-refractivity contribution >= 4 is 17.3 Å². The lowest BCUT2D eigenvalue weighted by Gasteiger charge is -2.09. The second-order valence-electron chi connectivity index (χ2n) is 6.30. The van der Waals surface area contributed by atoms with Crippen LogP contribution in [0.4, 0.5) is 0 Å². The standard InChI is InChI=1S/C19H22N6O2/c1-24(2)12-10-21-18(26)16-15-8-4-6-11-25(15)17(23-16)19(27)22-13-14-7-3-5-9-20-14/h3-9,11H,10,12-13H2,1-2H3,(H,21,26)(H,22,27). The van der Waals surface area contributed by atoms with E-state index < -0.39 is 0 Å². The molecule has 0 fully saturated rings. The first-order chi connectivity index (χ1) is 13.1. The van der Waals surface area contributed by atoms with Gasteiger partial charge in [0.25, 0.3) is 11.8 Å². The van der Waals surface area contributed by atoms with Gasteiger partial charge in [-0.3, -0.25) is 19.0 Å². The van der Waals surface area contributed by atoms with Crippen molar-refractivity contribution in [2.75, 3.05) is 27.2 Å². The van der Waals surface area contributed by atoms with Crippen LogP contribution in [-0.4, -0.2) is 58.3 Å². The molecule has 0 saturated carbocycles. The average Bonchev–Trinajstić information content (AvgIpc) is 3.06. The second-order valence-corrected chi connectivity index (χ2v) is 6.30. The summed E-state index contributed by atoms with van der Waals surface area (Å²) < 4.78 is 1.62. The third-order valence-electron chi connectivity index (χ3n) is 3.97. The minimum Gasteiger partial charge on any atom is -0.349 e. The number of nitrogens with one attached hydrogen (secondary N) is 2. The highest BCUT2D eigenvalue weighted by Gasteiger charge is 2.21. The lowest BCUT2D eigenvalue weighted by molar-refractivity contribution is 0.0939. The van der Waals surface area contributed by atoms with Gasteiger partial charge in [0.2, 0.25) is 5.82 Å². The highest BCUT2D eigenvalue weighted by atomic mass is 16.2. The molecule has 27 heavy (non-hydrogen) atoms. The normalized spacial score (nSPS) is 10.9. The summed E-state index contributed by atoms with van der Waals surface area (Å²) in [7, 11) is 3.87. The van der Waals surface area contributed by atoms with Crippen molar-refractivity contribution in [3.05, 3.63) is 66.0 Å².